The van der Waals surface area contributed by atoms with Gasteiger partial charge < -0.3 is 10.5 Å². The van der Waals surface area contributed by atoms with Crippen LogP contribution in [0.1, 0.15) is 11.1 Å². The number of aromatic nitrogens is 1. The summed E-state index contributed by atoms with van der Waals surface area (Å²) in [5.74, 6) is 0.832. The van der Waals surface area contributed by atoms with Gasteiger partial charge in [-0.25, -0.2) is 0 Å². The van der Waals surface area contributed by atoms with E-state index in [0.29, 0.717) is 0 Å². The Labute approximate surface area is 113 Å². The second-order valence-electron chi connectivity index (χ2n) is 4.60. The molecule has 4 nitrogen and oxygen atoms in total. The lowest BCUT2D eigenvalue weighted by Crippen LogP contribution is -2.17. The summed E-state index contributed by atoms with van der Waals surface area (Å²) >= 11 is 0. The van der Waals surface area contributed by atoms with E-state index < -0.39 is 0 Å². The molecule has 0 amide bonds. The summed E-state index contributed by atoms with van der Waals surface area (Å²) in [4.78, 5) is 6.34. The standard InChI is InChI=1S/C15H19N3O/c1-18(10-12-4-3-7-17-9-12)11-13-5-6-14(16)8-15(13)19-2/h3-9H,10-11,16H2,1-2H3. The summed E-state index contributed by atoms with van der Waals surface area (Å²) in [7, 11) is 3.74. The van der Waals surface area contributed by atoms with Crippen LogP contribution in [0.2, 0.25) is 0 Å². The molecule has 0 saturated carbocycles. The van der Waals surface area contributed by atoms with Crippen LogP contribution >= 0.6 is 0 Å². The summed E-state index contributed by atoms with van der Waals surface area (Å²) in [6.07, 6.45) is 3.67. The maximum absolute atomic E-state index is 5.76. The third kappa shape index (κ3) is 3.69. The first-order chi connectivity index (χ1) is 9.19. The van der Waals surface area contributed by atoms with Crippen LogP contribution in [0.5, 0.6) is 5.75 Å². The number of nitrogens with zero attached hydrogens (tertiary/aromatic N) is 2. The Kier molecular flexibility index (Phi) is 4.36. The molecule has 0 bridgehead atoms. The highest BCUT2D eigenvalue weighted by Crippen LogP contribution is 2.23. The monoisotopic (exact) mass is 257 g/mol. The second kappa shape index (κ2) is 6.20. The largest absolute Gasteiger partial charge is 0.496 e. The fraction of sp³-hybridized carbons (Fsp3) is 0.267. The van der Waals surface area contributed by atoms with Gasteiger partial charge in [0.15, 0.2) is 0 Å². The van der Waals surface area contributed by atoms with Crippen molar-refractivity contribution in [2.24, 2.45) is 0 Å². The third-order valence-corrected chi connectivity index (χ3v) is 2.93. The molecule has 100 valence electrons. The van der Waals surface area contributed by atoms with Crippen molar-refractivity contribution in [3.05, 3.63) is 53.9 Å². The highest BCUT2D eigenvalue weighted by molar-refractivity contribution is 5.48. The minimum Gasteiger partial charge on any atom is -0.496 e. The van der Waals surface area contributed by atoms with Crippen LogP contribution in [-0.2, 0) is 13.1 Å². The van der Waals surface area contributed by atoms with Crippen molar-refractivity contribution < 1.29 is 4.74 Å². The lowest BCUT2D eigenvalue weighted by molar-refractivity contribution is 0.310. The van der Waals surface area contributed by atoms with Crippen LogP contribution in [0.25, 0.3) is 0 Å². The molecule has 0 aliphatic heterocycles. The molecule has 1 aromatic heterocycles. The van der Waals surface area contributed by atoms with Crippen molar-refractivity contribution in [2.75, 3.05) is 19.9 Å². The lowest BCUT2D eigenvalue weighted by Gasteiger charge is -2.18. The molecular weight excluding hydrogens is 238 g/mol. The van der Waals surface area contributed by atoms with Crippen LogP contribution < -0.4 is 10.5 Å². The smallest absolute Gasteiger partial charge is 0.125 e. The molecule has 2 rings (SSSR count). The maximum atomic E-state index is 5.76. The average molecular weight is 257 g/mol. The number of rotatable bonds is 5. The Hall–Kier alpha value is -2.07. The number of benzene rings is 1. The zero-order chi connectivity index (χ0) is 13.7. The number of pyridine rings is 1. The normalized spacial score (nSPS) is 10.7. The summed E-state index contributed by atoms with van der Waals surface area (Å²) < 4.78 is 5.36. The van der Waals surface area contributed by atoms with Crippen LogP contribution in [-0.4, -0.2) is 24.0 Å². The maximum Gasteiger partial charge on any atom is 0.125 e. The van der Waals surface area contributed by atoms with Gasteiger partial charge >= 0.3 is 0 Å². The zero-order valence-electron chi connectivity index (χ0n) is 11.3. The summed E-state index contributed by atoms with van der Waals surface area (Å²) in [5.41, 5.74) is 8.80. The number of hydrogen-bond donors (Lipinski definition) is 1. The molecule has 2 aromatic rings. The Bertz CT molecular complexity index is 528. The molecular formula is C15H19N3O. The van der Waals surface area contributed by atoms with Crippen molar-refractivity contribution in [1.29, 1.82) is 0 Å². The SMILES string of the molecule is COc1cc(N)ccc1CN(C)Cc1cccnc1. The Morgan fingerprint density at radius 1 is 1.26 bits per heavy atom. The van der Waals surface area contributed by atoms with E-state index in [9.17, 15) is 0 Å². The van der Waals surface area contributed by atoms with Crippen LogP contribution in [0, 0.1) is 0 Å². The fourth-order valence-electron chi connectivity index (χ4n) is 2.04. The number of hydrogen-bond acceptors (Lipinski definition) is 4. The van der Waals surface area contributed by atoms with E-state index in [4.69, 9.17) is 10.5 Å². The molecule has 2 N–H and O–H groups in total. The predicted octanol–water partition coefficient (Wildman–Crippen LogP) is 2.30. The van der Waals surface area contributed by atoms with Gasteiger partial charge in [0.2, 0.25) is 0 Å². The molecule has 0 spiro atoms. The number of nitrogen functional groups attached to an aromatic ring is 1. The minimum atomic E-state index is 0.718. The summed E-state index contributed by atoms with van der Waals surface area (Å²) in [6, 6.07) is 9.79. The van der Waals surface area contributed by atoms with E-state index in [1.54, 1.807) is 13.3 Å². The molecule has 1 heterocycles. The van der Waals surface area contributed by atoms with Gasteiger partial charge in [-0.1, -0.05) is 12.1 Å². The Balaban J connectivity index is 2.04. The van der Waals surface area contributed by atoms with E-state index in [1.165, 1.54) is 5.56 Å². The van der Waals surface area contributed by atoms with E-state index >= 15 is 0 Å². The first kappa shape index (κ1) is 13.4. The molecule has 4 heteroatoms. The molecule has 0 fully saturated rings. The molecule has 0 saturated heterocycles. The quantitative estimate of drug-likeness (QED) is 0.835. The van der Waals surface area contributed by atoms with Crippen LogP contribution in [0.4, 0.5) is 5.69 Å². The Morgan fingerprint density at radius 2 is 2.11 bits per heavy atom. The molecule has 0 aliphatic carbocycles. The second-order valence-corrected chi connectivity index (χ2v) is 4.60. The Morgan fingerprint density at radius 3 is 2.79 bits per heavy atom. The molecule has 0 aliphatic rings. The minimum absolute atomic E-state index is 0.718. The summed E-state index contributed by atoms with van der Waals surface area (Å²) in [6.45, 7) is 1.65. The van der Waals surface area contributed by atoms with Crippen LogP contribution in [0.3, 0.4) is 0 Å². The van der Waals surface area contributed by atoms with Gasteiger partial charge in [-0.15, -0.1) is 0 Å². The van der Waals surface area contributed by atoms with E-state index in [1.807, 2.05) is 30.5 Å². The molecule has 1 aromatic carbocycles. The van der Waals surface area contributed by atoms with Gasteiger partial charge in [0.1, 0.15) is 5.75 Å². The highest BCUT2D eigenvalue weighted by atomic mass is 16.5. The molecule has 0 radical (unpaired) electrons. The van der Waals surface area contributed by atoms with E-state index in [-0.39, 0.29) is 0 Å². The topological polar surface area (TPSA) is 51.4 Å². The van der Waals surface area contributed by atoms with Gasteiger partial charge in [0, 0.05) is 42.8 Å². The molecule has 0 unspecified atom stereocenters. The number of nitrogens with two attached hydrogens (primary N) is 1. The van der Waals surface area contributed by atoms with Gasteiger partial charge in [0.25, 0.3) is 0 Å². The first-order valence-electron chi connectivity index (χ1n) is 6.19. The molecule has 0 atom stereocenters. The number of anilines is 1. The summed E-state index contributed by atoms with van der Waals surface area (Å²) in [5, 5.41) is 0. The zero-order valence-corrected chi connectivity index (χ0v) is 11.3. The van der Waals surface area contributed by atoms with Gasteiger partial charge in [-0.05, 0) is 24.7 Å². The van der Waals surface area contributed by atoms with E-state index in [2.05, 4.69) is 23.0 Å². The van der Waals surface area contributed by atoms with Crippen molar-refractivity contribution in [3.8, 4) is 5.75 Å². The van der Waals surface area contributed by atoms with Crippen molar-refractivity contribution in [2.45, 2.75) is 13.1 Å². The van der Waals surface area contributed by atoms with Crippen molar-refractivity contribution in [3.63, 3.8) is 0 Å². The number of ether oxygens (including phenoxy) is 1. The van der Waals surface area contributed by atoms with Gasteiger partial charge in [0.05, 0.1) is 7.11 Å². The molecule has 19 heavy (non-hydrogen) atoms. The van der Waals surface area contributed by atoms with Crippen LogP contribution in [0.15, 0.2) is 42.7 Å². The van der Waals surface area contributed by atoms with E-state index in [0.717, 1.165) is 30.1 Å². The average Bonchev–Trinajstić information content (AvgIpc) is 2.42. The van der Waals surface area contributed by atoms with Gasteiger partial charge in [-0.3, -0.25) is 9.88 Å². The van der Waals surface area contributed by atoms with Gasteiger partial charge in [-0.2, -0.15) is 0 Å². The first-order valence-corrected chi connectivity index (χ1v) is 6.19. The van der Waals surface area contributed by atoms with Crippen molar-refractivity contribution in [1.82, 2.24) is 9.88 Å². The highest BCUT2D eigenvalue weighted by Gasteiger charge is 2.07. The third-order valence-electron chi connectivity index (χ3n) is 2.93. The predicted molar refractivity (Wildman–Crippen MR) is 76.8 cm³/mol. The number of methoxy groups -OCH3 is 1. The fourth-order valence-corrected chi connectivity index (χ4v) is 2.04. The lowest BCUT2D eigenvalue weighted by atomic mass is 10.1. The van der Waals surface area contributed by atoms with Crippen molar-refractivity contribution >= 4 is 5.69 Å².